The quantitative estimate of drug-likeness (QED) is 0.643. The second-order valence-corrected chi connectivity index (χ2v) is 5.68. The molecule has 0 aliphatic carbocycles. The molecule has 122 valence electrons. The molecule has 0 unspecified atom stereocenters. The number of benzene rings is 1. The number of aryl methyl sites for hydroxylation is 1. The summed E-state index contributed by atoms with van der Waals surface area (Å²) in [4.78, 5) is 47.8. The molecule has 0 aromatic heterocycles. The van der Waals surface area contributed by atoms with Gasteiger partial charge in [-0.25, -0.2) is 4.79 Å². The molecular formula is C16H18N2O5. The first-order valence-corrected chi connectivity index (χ1v) is 7.10. The lowest BCUT2D eigenvalue weighted by Crippen LogP contribution is -2.41. The van der Waals surface area contributed by atoms with E-state index in [1.54, 1.807) is 19.1 Å². The van der Waals surface area contributed by atoms with Gasteiger partial charge in [0.2, 0.25) is 0 Å². The van der Waals surface area contributed by atoms with Crippen molar-refractivity contribution in [2.45, 2.75) is 26.3 Å². The van der Waals surface area contributed by atoms with Crippen molar-refractivity contribution in [3.63, 3.8) is 0 Å². The predicted octanol–water partition coefficient (Wildman–Crippen LogP) is 0.894. The number of ether oxygens (including phenoxy) is 1. The number of nitrogens with zero attached hydrogens (tertiary/aromatic N) is 1. The van der Waals surface area contributed by atoms with Crippen molar-refractivity contribution in [1.82, 2.24) is 10.2 Å². The van der Waals surface area contributed by atoms with E-state index in [0.29, 0.717) is 5.56 Å². The third-order valence-corrected chi connectivity index (χ3v) is 3.63. The summed E-state index contributed by atoms with van der Waals surface area (Å²) >= 11 is 0. The molecule has 1 aliphatic heterocycles. The highest BCUT2D eigenvalue weighted by atomic mass is 16.5. The van der Waals surface area contributed by atoms with Gasteiger partial charge in [-0.05, 0) is 26.3 Å². The van der Waals surface area contributed by atoms with Crippen LogP contribution in [0.1, 0.15) is 25.0 Å². The summed E-state index contributed by atoms with van der Waals surface area (Å²) in [5.41, 5.74) is 0.422. The Morgan fingerprint density at radius 1 is 1.22 bits per heavy atom. The summed E-state index contributed by atoms with van der Waals surface area (Å²) in [6.07, 6.45) is 0. The first kappa shape index (κ1) is 16.7. The van der Waals surface area contributed by atoms with E-state index in [1.165, 1.54) is 6.92 Å². The van der Waals surface area contributed by atoms with Gasteiger partial charge in [0, 0.05) is 0 Å². The van der Waals surface area contributed by atoms with Gasteiger partial charge < -0.3 is 10.1 Å². The van der Waals surface area contributed by atoms with Crippen molar-refractivity contribution >= 4 is 23.7 Å². The highest BCUT2D eigenvalue weighted by molar-refractivity contribution is 6.08. The largest absolute Gasteiger partial charge is 0.456 e. The van der Waals surface area contributed by atoms with Crippen LogP contribution in [0.3, 0.4) is 0 Å². The number of hydrogen-bond donors (Lipinski definition) is 1. The van der Waals surface area contributed by atoms with Gasteiger partial charge in [0.25, 0.3) is 5.91 Å². The summed E-state index contributed by atoms with van der Waals surface area (Å²) in [5, 5.41) is 2.60. The summed E-state index contributed by atoms with van der Waals surface area (Å²) in [5.74, 6) is -1.66. The molecule has 3 amide bonds. The minimum absolute atomic E-state index is 0.319. The topological polar surface area (TPSA) is 92.8 Å². The number of Topliss-reactive ketones (excluding diaryl/α,β-unsaturated/α-hetero) is 1. The number of carbonyl (C=O) groups is 4. The number of amides is 3. The second kappa shape index (κ2) is 6.20. The van der Waals surface area contributed by atoms with E-state index in [9.17, 15) is 19.2 Å². The maximum Gasteiger partial charge on any atom is 0.326 e. The highest BCUT2D eigenvalue weighted by Gasteiger charge is 2.49. The van der Waals surface area contributed by atoms with Crippen molar-refractivity contribution in [3.05, 3.63) is 35.4 Å². The van der Waals surface area contributed by atoms with Crippen LogP contribution in [-0.4, -0.2) is 41.7 Å². The number of hydrogen-bond acceptors (Lipinski definition) is 5. The Hall–Kier alpha value is -2.70. The summed E-state index contributed by atoms with van der Waals surface area (Å²) in [6.45, 7) is 3.86. The molecule has 23 heavy (non-hydrogen) atoms. The fourth-order valence-electron chi connectivity index (χ4n) is 2.28. The molecule has 7 nitrogen and oxygen atoms in total. The fraction of sp³-hybridized carbons (Fsp3) is 0.375. The van der Waals surface area contributed by atoms with Crippen LogP contribution in [0, 0.1) is 6.92 Å². The van der Waals surface area contributed by atoms with Crippen molar-refractivity contribution in [2.24, 2.45) is 0 Å². The molecule has 0 bridgehead atoms. The number of urea groups is 1. The third-order valence-electron chi connectivity index (χ3n) is 3.63. The molecule has 1 heterocycles. The molecule has 0 spiro atoms. The average Bonchev–Trinajstić information content (AvgIpc) is 2.70. The summed E-state index contributed by atoms with van der Waals surface area (Å²) in [7, 11) is 0. The van der Waals surface area contributed by atoms with Crippen molar-refractivity contribution in [1.29, 1.82) is 0 Å². The van der Waals surface area contributed by atoms with Gasteiger partial charge in [-0.15, -0.1) is 0 Å². The van der Waals surface area contributed by atoms with E-state index in [2.05, 4.69) is 10.1 Å². The molecule has 1 aliphatic rings. The molecule has 1 aromatic rings. The average molecular weight is 318 g/mol. The normalized spacial score (nSPS) is 20.4. The van der Waals surface area contributed by atoms with E-state index in [-0.39, 0.29) is 12.4 Å². The molecular weight excluding hydrogens is 300 g/mol. The monoisotopic (exact) mass is 318 g/mol. The zero-order valence-electron chi connectivity index (χ0n) is 13.2. The Balaban J connectivity index is 2.14. The number of imide groups is 1. The Labute approximate surface area is 133 Å². The van der Waals surface area contributed by atoms with E-state index in [4.69, 9.17) is 0 Å². The molecule has 1 N–H and O–H groups in total. The van der Waals surface area contributed by atoms with Crippen LogP contribution < -0.4 is 5.32 Å². The molecule has 0 saturated carbocycles. The van der Waals surface area contributed by atoms with Gasteiger partial charge in [0.05, 0.1) is 0 Å². The van der Waals surface area contributed by atoms with Crippen molar-refractivity contribution < 1.29 is 23.9 Å². The smallest absolute Gasteiger partial charge is 0.326 e. The lowest BCUT2D eigenvalue weighted by Gasteiger charge is -2.22. The van der Waals surface area contributed by atoms with Crippen LogP contribution >= 0.6 is 0 Å². The number of ketones is 1. The maximum absolute atomic E-state index is 12.6. The van der Waals surface area contributed by atoms with Crippen LogP contribution in [0.4, 0.5) is 4.79 Å². The Bertz CT molecular complexity index is 668. The minimum atomic E-state index is -1.23. The van der Waals surface area contributed by atoms with Gasteiger partial charge in [-0.1, -0.05) is 29.8 Å². The second-order valence-electron chi connectivity index (χ2n) is 5.68. The molecule has 1 aromatic carbocycles. The van der Waals surface area contributed by atoms with E-state index >= 15 is 0 Å². The number of rotatable bonds is 5. The minimum Gasteiger partial charge on any atom is -0.456 e. The SMILES string of the molecule is CC(=O)COC(=O)CN1C(=O)N[C@](C)(c2ccc(C)cc2)C1=O. The zero-order valence-corrected chi connectivity index (χ0v) is 13.2. The summed E-state index contributed by atoms with van der Waals surface area (Å²) in [6, 6.07) is 6.52. The number of carbonyl (C=O) groups excluding carboxylic acids is 4. The third kappa shape index (κ3) is 3.39. The first-order chi connectivity index (χ1) is 10.7. The number of esters is 1. The molecule has 1 atom stereocenters. The lowest BCUT2D eigenvalue weighted by atomic mass is 9.91. The van der Waals surface area contributed by atoms with Gasteiger partial charge in [0.15, 0.2) is 5.78 Å². The van der Waals surface area contributed by atoms with Crippen LogP contribution in [0.2, 0.25) is 0 Å². The zero-order chi connectivity index (χ0) is 17.2. The van der Waals surface area contributed by atoms with Gasteiger partial charge in [-0.3, -0.25) is 19.3 Å². The standard InChI is InChI=1S/C16H18N2O5/c1-10-4-6-12(7-5-10)16(3)14(21)18(15(22)17-16)8-13(20)23-9-11(2)19/h4-7H,8-9H2,1-3H3,(H,17,22)/t16-/m1/s1. The van der Waals surface area contributed by atoms with Crippen molar-refractivity contribution in [3.8, 4) is 0 Å². The van der Waals surface area contributed by atoms with E-state index in [0.717, 1.165) is 10.5 Å². The van der Waals surface area contributed by atoms with Crippen molar-refractivity contribution in [2.75, 3.05) is 13.2 Å². The number of nitrogens with one attached hydrogen (secondary N) is 1. The Kier molecular flexibility index (Phi) is 4.49. The highest BCUT2D eigenvalue weighted by Crippen LogP contribution is 2.28. The van der Waals surface area contributed by atoms with Crippen LogP contribution in [0.5, 0.6) is 0 Å². The molecule has 1 saturated heterocycles. The maximum atomic E-state index is 12.6. The Morgan fingerprint density at radius 3 is 2.39 bits per heavy atom. The van der Waals surface area contributed by atoms with Crippen LogP contribution in [-0.2, 0) is 24.7 Å². The molecule has 2 rings (SSSR count). The molecule has 0 radical (unpaired) electrons. The Morgan fingerprint density at radius 2 is 1.83 bits per heavy atom. The lowest BCUT2D eigenvalue weighted by molar-refractivity contribution is -0.150. The fourth-order valence-corrected chi connectivity index (χ4v) is 2.28. The van der Waals surface area contributed by atoms with Gasteiger partial charge in [0.1, 0.15) is 18.7 Å². The summed E-state index contributed by atoms with van der Waals surface area (Å²) < 4.78 is 4.69. The molecule has 7 heteroatoms. The van der Waals surface area contributed by atoms with Crippen LogP contribution in [0.25, 0.3) is 0 Å². The van der Waals surface area contributed by atoms with E-state index < -0.39 is 30.0 Å². The first-order valence-electron chi connectivity index (χ1n) is 7.10. The van der Waals surface area contributed by atoms with Gasteiger partial charge >= 0.3 is 12.0 Å². The predicted molar refractivity (Wildman–Crippen MR) is 80.4 cm³/mol. The van der Waals surface area contributed by atoms with Crippen LogP contribution in [0.15, 0.2) is 24.3 Å². The molecule has 1 fully saturated rings. The van der Waals surface area contributed by atoms with E-state index in [1.807, 2.05) is 19.1 Å². The van der Waals surface area contributed by atoms with Gasteiger partial charge in [-0.2, -0.15) is 0 Å².